The normalized spacial score (nSPS) is 26.3. The Labute approximate surface area is 356 Å². The Morgan fingerprint density at radius 3 is 2.38 bits per heavy atom. The number of aromatic hydroxyl groups is 1. The number of likely N-dealkylation sites (N-methyl/N-ethyl adjacent to an activating group) is 1. The number of aryl methyl sites for hydroxylation is 1. The molecule has 0 amide bonds. The Kier molecular flexibility index (Phi) is 11.0. The predicted molar refractivity (Wildman–Crippen MR) is 225 cm³/mol. The third kappa shape index (κ3) is 6.49. The Morgan fingerprint density at radius 2 is 1.68 bits per heavy atom. The van der Waals surface area contributed by atoms with Crippen molar-refractivity contribution in [1.82, 2.24) is 15.1 Å². The molecule has 0 aromatic heterocycles. The van der Waals surface area contributed by atoms with Gasteiger partial charge in [0.25, 0.3) is 0 Å². The van der Waals surface area contributed by atoms with Gasteiger partial charge < -0.3 is 43.0 Å². The molecule has 5 unspecified atom stereocenters. The van der Waals surface area contributed by atoms with E-state index in [2.05, 4.69) is 28.2 Å². The van der Waals surface area contributed by atoms with E-state index in [9.17, 15) is 14.7 Å². The van der Waals surface area contributed by atoms with E-state index in [1.165, 1.54) is 7.11 Å². The zero-order valence-electron chi connectivity index (χ0n) is 36.4. The van der Waals surface area contributed by atoms with Crippen LogP contribution in [0.2, 0.25) is 0 Å². The van der Waals surface area contributed by atoms with E-state index < -0.39 is 29.3 Å². The molecular weight excluding hydrogens is 791 g/mol. The fourth-order valence-corrected chi connectivity index (χ4v) is 12.0. The Balaban J connectivity index is 0.00000246. The number of fused-ring (bicyclic) bond motifs is 9. The Bertz CT molecular complexity index is 2230. The average Bonchev–Trinajstić information content (AvgIpc) is 3.70. The molecule has 2 fully saturated rings. The van der Waals surface area contributed by atoms with Crippen LogP contribution in [0, 0.1) is 13.8 Å². The number of hydrogen-bond acceptors (Lipinski definition) is 15. The second-order valence-corrected chi connectivity index (χ2v) is 18.1. The van der Waals surface area contributed by atoms with Crippen molar-refractivity contribution in [2.24, 2.45) is 0 Å². The number of phenols is 1. The van der Waals surface area contributed by atoms with Crippen molar-refractivity contribution in [3.8, 4) is 40.2 Å². The molecule has 0 radical (unpaired) electrons. The lowest BCUT2D eigenvalue weighted by atomic mass is 9.73. The minimum atomic E-state index is -1.30. The molecule has 3 aromatic rings. The fourth-order valence-electron chi connectivity index (χ4n) is 10.3. The van der Waals surface area contributed by atoms with E-state index in [0.29, 0.717) is 48.1 Å². The van der Waals surface area contributed by atoms with Crippen molar-refractivity contribution in [3.05, 3.63) is 62.7 Å². The van der Waals surface area contributed by atoms with Gasteiger partial charge in [0.15, 0.2) is 40.0 Å². The van der Waals surface area contributed by atoms with Crippen LogP contribution >= 0.6 is 11.8 Å². The molecule has 7 aliphatic heterocycles. The summed E-state index contributed by atoms with van der Waals surface area (Å²) in [4.78, 5) is 32.6. The van der Waals surface area contributed by atoms with Gasteiger partial charge >= 0.3 is 12.1 Å². The Hall–Kier alpha value is -4.57. The van der Waals surface area contributed by atoms with Gasteiger partial charge in [0.2, 0.25) is 6.79 Å². The summed E-state index contributed by atoms with van der Waals surface area (Å²) in [6, 6.07) is 4.91. The van der Waals surface area contributed by atoms with Gasteiger partial charge in [-0.05, 0) is 88.9 Å². The van der Waals surface area contributed by atoms with Gasteiger partial charge in [0, 0.05) is 53.2 Å². The van der Waals surface area contributed by atoms with Gasteiger partial charge in [-0.3, -0.25) is 15.1 Å². The molecule has 0 aliphatic carbocycles. The van der Waals surface area contributed by atoms with E-state index >= 15 is 0 Å². The summed E-state index contributed by atoms with van der Waals surface area (Å²) in [5, 5.41) is 15.4. The van der Waals surface area contributed by atoms with E-state index in [1.54, 1.807) is 58.9 Å². The maximum atomic E-state index is 14.9. The Morgan fingerprint density at radius 1 is 0.950 bits per heavy atom. The molecule has 2 N–H and O–H groups in total. The molecule has 15 heteroatoms. The topological polar surface area (TPSA) is 147 Å². The highest BCUT2D eigenvalue weighted by Gasteiger charge is 2.59. The quantitative estimate of drug-likeness (QED) is 0.209. The highest BCUT2D eigenvalue weighted by atomic mass is 32.2. The summed E-state index contributed by atoms with van der Waals surface area (Å²) in [6.45, 7) is 14.5. The van der Waals surface area contributed by atoms with Crippen molar-refractivity contribution in [3.63, 3.8) is 0 Å². The number of nitrogens with zero attached hydrogens (tertiary/aromatic N) is 2. The third-order valence-corrected chi connectivity index (χ3v) is 14.2. The number of thioether (sulfide) groups is 1. The molecule has 324 valence electrons. The van der Waals surface area contributed by atoms with Crippen molar-refractivity contribution in [2.45, 2.75) is 102 Å². The monoisotopic (exact) mass is 847 g/mol. The maximum Gasteiger partial charge on any atom is 0.514 e. The first-order valence-corrected chi connectivity index (χ1v) is 21.8. The second kappa shape index (κ2) is 15.7. The largest absolute Gasteiger partial charge is 0.514 e. The van der Waals surface area contributed by atoms with Gasteiger partial charge in [-0.1, -0.05) is 19.9 Å². The standard InChI is InChI=1S/C43H51N3O11S.C2H6/c1-20-12-23-13-24-16-46-26-17-53-40(48)43(25-15-27(50-7)28(14-22(25)10-11-44-43)56-41(49)57-42(3,4)5)18-58-39(33(46)32(45(24)6)29(23)34(47)35(20)51-8)31-30(26)38-37(54-19-55-38)21(2)36(31)52-9;1-2/h12,14-15,24,26,32-33,39,44,47H,10-11,13,16-19H2,1-9H3;1-2H3/t24?,26?,32?,33?,39?,43-;/m1./s1. The third-order valence-electron chi connectivity index (χ3n) is 12.7. The molecule has 10 rings (SSSR count). The first-order valence-electron chi connectivity index (χ1n) is 20.7. The van der Waals surface area contributed by atoms with Crippen LogP contribution in [0.25, 0.3) is 0 Å². The molecule has 3 aromatic carbocycles. The van der Waals surface area contributed by atoms with Crippen LogP contribution in [-0.4, -0.2) is 105 Å². The van der Waals surface area contributed by atoms with Crippen molar-refractivity contribution in [1.29, 1.82) is 0 Å². The molecule has 2 saturated heterocycles. The number of carbonyl (C=O) groups excluding carboxylic acids is 2. The van der Waals surface area contributed by atoms with Gasteiger partial charge in [-0.25, -0.2) is 9.59 Å². The van der Waals surface area contributed by atoms with Crippen molar-refractivity contribution < 1.29 is 52.6 Å². The van der Waals surface area contributed by atoms with E-state index in [1.807, 2.05) is 27.7 Å². The maximum absolute atomic E-state index is 14.9. The zero-order valence-corrected chi connectivity index (χ0v) is 37.2. The first kappa shape index (κ1) is 42.1. The van der Waals surface area contributed by atoms with Crippen LogP contribution in [0.15, 0.2) is 18.2 Å². The summed E-state index contributed by atoms with van der Waals surface area (Å²) >= 11 is 1.65. The van der Waals surface area contributed by atoms with Crippen LogP contribution in [-0.2, 0) is 32.6 Å². The van der Waals surface area contributed by atoms with Gasteiger partial charge in [-0.2, -0.15) is 0 Å². The molecule has 4 bridgehead atoms. The summed E-state index contributed by atoms with van der Waals surface area (Å²) < 4.78 is 48.0. The number of phenolic OH excluding ortho intramolecular Hbond substituents is 1. The lowest BCUT2D eigenvalue weighted by Gasteiger charge is -2.60. The smallest absolute Gasteiger partial charge is 0.504 e. The lowest BCUT2D eigenvalue weighted by Crippen LogP contribution is -2.65. The minimum absolute atomic E-state index is 0.0245. The number of methoxy groups -OCH3 is 3. The molecule has 7 aliphatic rings. The van der Waals surface area contributed by atoms with Gasteiger partial charge in [0.05, 0.1) is 38.7 Å². The van der Waals surface area contributed by atoms with Crippen LogP contribution < -0.4 is 33.7 Å². The van der Waals surface area contributed by atoms with E-state index in [-0.39, 0.29) is 59.8 Å². The van der Waals surface area contributed by atoms with Crippen molar-refractivity contribution >= 4 is 23.9 Å². The van der Waals surface area contributed by atoms with Crippen LogP contribution in [0.3, 0.4) is 0 Å². The van der Waals surface area contributed by atoms with E-state index in [4.69, 9.17) is 37.9 Å². The number of ether oxygens (including phenoxy) is 8. The van der Waals surface area contributed by atoms with Gasteiger partial charge in [0.1, 0.15) is 18.0 Å². The lowest BCUT2D eigenvalue weighted by molar-refractivity contribution is -0.156. The molecule has 6 atom stereocenters. The number of piperazine rings is 1. The number of benzene rings is 3. The zero-order chi connectivity index (χ0) is 43.0. The first-order chi connectivity index (χ1) is 28.7. The molecule has 14 nitrogen and oxygen atoms in total. The second-order valence-electron chi connectivity index (χ2n) is 17.0. The summed E-state index contributed by atoms with van der Waals surface area (Å²) in [5.74, 6) is 2.96. The summed E-state index contributed by atoms with van der Waals surface area (Å²) in [5.41, 5.74) is 5.03. The van der Waals surface area contributed by atoms with E-state index in [0.717, 1.165) is 45.4 Å². The SMILES string of the molecule is CC.COc1cc2c(cc1OC(=O)OC(C)(C)C)CCN[C@]21CSC2c3c(OC)c(C)c4c(c3C(COC1=O)N1CC3Cc5cc(C)c(OC)c(O)c5C(C21)N3C)OCO4. The molecule has 7 heterocycles. The number of rotatable bonds is 4. The molecule has 0 saturated carbocycles. The summed E-state index contributed by atoms with van der Waals surface area (Å²) in [6.07, 6.45) is 0.452. The number of carbonyl (C=O) groups is 2. The van der Waals surface area contributed by atoms with Crippen LogP contribution in [0.5, 0.6) is 40.2 Å². The molecular formula is C45H57N3O11S. The minimum Gasteiger partial charge on any atom is -0.504 e. The predicted octanol–water partition coefficient (Wildman–Crippen LogP) is 6.81. The number of hydrogen-bond donors (Lipinski definition) is 2. The number of esters is 1. The van der Waals surface area contributed by atoms with Gasteiger partial charge in [-0.15, -0.1) is 11.8 Å². The molecule has 60 heavy (non-hydrogen) atoms. The number of nitrogens with one attached hydrogen (secondary N) is 1. The summed E-state index contributed by atoms with van der Waals surface area (Å²) in [7, 11) is 6.92. The van der Waals surface area contributed by atoms with Crippen molar-refractivity contribution in [2.75, 3.05) is 60.6 Å². The van der Waals surface area contributed by atoms with Crippen LogP contribution in [0.4, 0.5) is 4.79 Å². The highest BCUT2D eigenvalue weighted by Crippen LogP contribution is 2.63. The fraction of sp³-hybridized carbons (Fsp3) is 0.556. The highest BCUT2D eigenvalue weighted by molar-refractivity contribution is 7.99. The average molecular weight is 848 g/mol. The molecule has 1 spiro atoms. The van der Waals surface area contributed by atoms with Crippen LogP contribution in [0.1, 0.15) is 96.5 Å².